The molecule has 5 rings (SSSR count). The van der Waals surface area contributed by atoms with E-state index in [0.29, 0.717) is 11.1 Å². The number of hydrogen-bond acceptors (Lipinski definition) is 3. The first-order valence-electron chi connectivity index (χ1n) is 10.7. The van der Waals surface area contributed by atoms with Crippen molar-refractivity contribution in [3.63, 3.8) is 0 Å². The second kappa shape index (κ2) is 8.41. The van der Waals surface area contributed by atoms with E-state index in [1.807, 2.05) is 48.8 Å². The summed E-state index contributed by atoms with van der Waals surface area (Å²) in [6, 6.07) is 13.9. The molecule has 4 aromatic rings. The predicted octanol–water partition coefficient (Wildman–Crippen LogP) is 4.45. The number of carbonyl (C=O) groups excluding carboxylic acids is 2. The highest BCUT2D eigenvalue weighted by Crippen LogP contribution is 2.39. The van der Waals surface area contributed by atoms with Crippen LogP contribution >= 0.6 is 15.9 Å². The summed E-state index contributed by atoms with van der Waals surface area (Å²) in [5, 5.41) is 7.73. The maximum atomic E-state index is 13.0. The number of benzene rings is 2. The summed E-state index contributed by atoms with van der Waals surface area (Å²) in [4.78, 5) is 29.2. The van der Waals surface area contributed by atoms with Crippen molar-refractivity contribution in [2.75, 3.05) is 13.1 Å². The van der Waals surface area contributed by atoms with Crippen LogP contribution in [0.1, 0.15) is 24.5 Å². The quantitative estimate of drug-likeness (QED) is 0.264. The van der Waals surface area contributed by atoms with Crippen LogP contribution in [0.15, 0.2) is 59.3 Å². The molecule has 2 aromatic carbocycles. The number of halogens is 1. The van der Waals surface area contributed by atoms with Gasteiger partial charge in [-0.2, -0.15) is 0 Å². The molecule has 0 saturated heterocycles. The predicted molar refractivity (Wildman–Crippen MR) is 131 cm³/mol. The molecule has 2 amide bonds. The van der Waals surface area contributed by atoms with E-state index in [9.17, 15) is 9.59 Å². The van der Waals surface area contributed by atoms with E-state index in [4.69, 9.17) is 0 Å². The van der Waals surface area contributed by atoms with Crippen LogP contribution in [0.5, 0.6) is 0 Å². The van der Waals surface area contributed by atoms with Gasteiger partial charge in [-0.25, -0.2) is 0 Å². The molecule has 3 N–H and O–H groups in total. The Balaban J connectivity index is 1.71. The van der Waals surface area contributed by atoms with Crippen molar-refractivity contribution in [1.82, 2.24) is 20.2 Å². The Hall–Kier alpha value is -3.16. The number of fused-ring (bicyclic) bond motifs is 2. The first-order valence-corrected chi connectivity index (χ1v) is 11.5. The van der Waals surface area contributed by atoms with Gasteiger partial charge in [0.25, 0.3) is 11.8 Å². The van der Waals surface area contributed by atoms with Crippen molar-refractivity contribution in [1.29, 1.82) is 0 Å². The molecular formula is C25H23BrN4O2. The van der Waals surface area contributed by atoms with E-state index in [1.165, 1.54) is 0 Å². The molecule has 0 saturated carbocycles. The molecule has 0 bridgehead atoms. The van der Waals surface area contributed by atoms with E-state index >= 15 is 0 Å². The standard InChI is InChI=1S/C25H23BrN4O2/c1-2-27-10-5-11-30-14-19(17-12-15(26)8-9-21(17)30)23-22(24(31)29-25(23)32)18-13-28-20-7-4-3-6-16(18)20/h3-4,6-9,12-14,27-28H,2,5,10-11H2,1H3,(H,29,31,32). The van der Waals surface area contributed by atoms with Gasteiger partial charge in [0.05, 0.1) is 11.1 Å². The second-order valence-corrected chi connectivity index (χ2v) is 8.80. The van der Waals surface area contributed by atoms with Gasteiger partial charge in [0.2, 0.25) is 0 Å². The Kier molecular flexibility index (Phi) is 5.45. The van der Waals surface area contributed by atoms with Crippen LogP contribution in [0.3, 0.4) is 0 Å². The lowest BCUT2D eigenvalue weighted by molar-refractivity contribution is -0.122. The number of aryl methyl sites for hydroxylation is 1. The zero-order valence-corrected chi connectivity index (χ0v) is 19.3. The molecule has 1 aliphatic heterocycles. The number of para-hydroxylation sites is 1. The number of hydrogen-bond donors (Lipinski definition) is 3. The van der Waals surface area contributed by atoms with Gasteiger partial charge in [-0.05, 0) is 43.8 Å². The summed E-state index contributed by atoms with van der Waals surface area (Å²) in [5.74, 6) is -0.722. The molecule has 3 heterocycles. The Labute approximate surface area is 193 Å². The first kappa shape index (κ1) is 20.7. The maximum absolute atomic E-state index is 13.0. The number of H-pyrrole nitrogens is 1. The van der Waals surface area contributed by atoms with Gasteiger partial charge in [0, 0.05) is 56.3 Å². The van der Waals surface area contributed by atoms with Gasteiger partial charge < -0.3 is 14.9 Å². The molecule has 0 aliphatic carbocycles. The number of aromatic nitrogens is 2. The molecule has 162 valence electrons. The average Bonchev–Trinajstić information content (AvgIpc) is 3.44. The highest BCUT2D eigenvalue weighted by molar-refractivity contribution is 9.10. The van der Waals surface area contributed by atoms with Gasteiger partial charge >= 0.3 is 0 Å². The number of carbonyl (C=O) groups is 2. The average molecular weight is 491 g/mol. The van der Waals surface area contributed by atoms with Crippen LogP contribution in [0.25, 0.3) is 33.0 Å². The summed E-state index contributed by atoms with van der Waals surface area (Å²) < 4.78 is 3.10. The Morgan fingerprint density at radius 1 is 1.00 bits per heavy atom. The van der Waals surface area contributed by atoms with E-state index in [0.717, 1.165) is 63.5 Å². The van der Waals surface area contributed by atoms with E-state index in [1.54, 1.807) is 0 Å². The highest BCUT2D eigenvalue weighted by Gasteiger charge is 2.35. The summed E-state index contributed by atoms with van der Waals surface area (Å²) in [5.41, 5.74) is 4.32. The zero-order valence-electron chi connectivity index (χ0n) is 17.7. The number of aromatic amines is 1. The molecule has 0 unspecified atom stereocenters. The van der Waals surface area contributed by atoms with Crippen molar-refractivity contribution >= 4 is 60.7 Å². The van der Waals surface area contributed by atoms with Crippen molar-refractivity contribution < 1.29 is 9.59 Å². The molecular weight excluding hydrogens is 468 g/mol. The molecule has 1 aliphatic rings. The summed E-state index contributed by atoms with van der Waals surface area (Å²) in [7, 11) is 0. The molecule has 32 heavy (non-hydrogen) atoms. The topological polar surface area (TPSA) is 78.9 Å². The minimum atomic E-state index is -0.363. The van der Waals surface area contributed by atoms with Crippen molar-refractivity contribution in [2.24, 2.45) is 0 Å². The van der Waals surface area contributed by atoms with Crippen LogP contribution in [0.2, 0.25) is 0 Å². The van der Waals surface area contributed by atoms with Crippen LogP contribution in [-0.4, -0.2) is 34.5 Å². The van der Waals surface area contributed by atoms with Gasteiger partial charge in [-0.1, -0.05) is 41.1 Å². The summed E-state index contributed by atoms with van der Waals surface area (Å²) >= 11 is 3.56. The number of nitrogens with one attached hydrogen (secondary N) is 3. The van der Waals surface area contributed by atoms with Gasteiger partial charge in [0.15, 0.2) is 0 Å². The number of rotatable bonds is 7. The molecule has 7 heteroatoms. The van der Waals surface area contributed by atoms with Crippen molar-refractivity contribution in [2.45, 2.75) is 19.9 Å². The number of imide groups is 1. The summed E-state index contributed by atoms with van der Waals surface area (Å²) in [6.07, 6.45) is 4.78. The van der Waals surface area contributed by atoms with Crippen molar-refractivity contribution in [3.8, 4) is 0 Å². The van der Waals surface area contributed by atoms with E-state index in [2.05, 4.69) is 49.1 Å². The van der Waals surface area contributed by atoms with E-state index < -0.39 is 0 Å². The fraction of sp³-hybridized carbons (Fsp3) is 0.200. The minimum Gasteiger partial charge on any atom is -0.361 e. The molecule has 6 nitrogen and oxygen atoms in total. The number of amides is 2. The Morgan fingerprint density at radius 3 is 2.59 bits per heavy atom. The fourth-order valence-electron chi connectivity index (χ4n) is 4.45. The van der Waals surface area contributed by atoms with Crippen LogP contribution in [-0.2, 0) is 16.1 Å². The summed E-state index contributed by atoms with van der Waals surface area (Å²) in [6.45, 7) is 4.77. The third-order valence-corrected chi connectivity index (χ3v) is 6.40. The van der Waals surface area contributed by atoms with Crippen LogP contribution < -0.4 is 10.6 Å². The molecule has 0 fully saturated rings. The smallest absolute Gasteiger partial charge is 0.259 e. The van der Waals surface area contributed by atoms with Crippen LogP contribution in [0.4, 0.5) is 0 Å². The molecule has 0 spiro atoms. The largest absolute Gasteiger partial charge is 0.361 e. The SMILES string of the molecule is CCNCCCn1cc(C2=C(c3c[nH]c4ccccc34)C(=O)NC2=O)c2cc(Br)ccc21. The normalized spacial score (nSPS) is 14.2. The zero-order chi connectivity index (χ0) is 22.2. The van der Waals surface area contributed by atoms with Gasteiger partial charge in [-0.3, -0.25) is 14.9 Å². The second-order valence-electron chi connectivity index (χ2n) is 7.89. The lowest BCUT2D eigenvalue weighted by Gasteiger charge is -2.05. The lowest BCUT2D eigenvalue weighted by atomic mass is 9.95. The highest BCUT2D eigenvalue weighted by atomic mass is 79.9. The maximum Gasteiger partial charge on any atom is 0.259 e. The van der Waals surface area contributed by atoms with Crippen LogP contribution in [0, 0.1) is 0 Å². The first-order chi connectivity index (χ1) is 15.6. The monoisotopic (exact) mass is 490 g/mol. The molecule has 0 atom stereocenters. The fourth-order valence-corrected chi connectivity index (χ4v) is 4.81. The van der Waals surface area contributed by atoms with Gasteiger partial charge in [0.1, 0.15) is 0 Å². The minimum absolute atomic E-state index is 0.359. The lowest BCUT2D eigenvalue weighted by Crippen LogP contribution is -2.22. The molecule has 0 radical (unpaired) electrons. The third kappa shape index (κ3) is 3.47. The number of nitrogens with zero attached hydrogens (tertiary/aromatic N) is 1. The van der Waals surface area contributed by atoms with Gasteiger partial charge in [-0.15, -0.1) is 0 Å². The van der Waals surface area contributed by atoms with Crippen molar-refractivity contribution in [3.05, 3.63) is 70.5 Å². The molecule has 2 aromatic heterocycles. The Morgan fingerprint density at radius 2 is 1.78 bits per heavy atom. The Bertz CT molecular complexity index is 1400. The third-order valence-electron chi connectivity index (χ3n) is 5.90. The van der Waals surface area contributed by atoms with E-state index in [-0.39, 0.29) is 11.8 Å².